The van der Waals surface area contributed by atoms with Gasteiger partial charge in [-0.15, -0.1) is 0 Å². The van der Waals surface area contributed by atoms with E-state index in [0.29, 0.717) is 22.8 Å². The minimum atomic E-state index is -0.933. The number of amides is 3. The fourth-order valence-corrected chi connectivity index (χ4v) is 4.53. The number of anilines is 1. The van der Waals surface area contributed by atoms with Gasteiger partial charge >= 0.3 is 6.09 Å². The van der Waals surface area contributed by atoms with E-state index in [2.05, 4.69) is 17.6 Å². The van der Waals surface area contributed by atoms with Gasteiger partial charge in [-0.3, -0.25) is 9.59 Å². The van der Waals surface area contributed by atoms with Crippen molar-refractivity contribution < 1.29 is 19.1 Å². The van der Waals surface area contributed by atoms with Crippen LogP contribution in [-0.2, 0) is 14.3 Å². The molecule has 0 aliphatic rings. The van der Waals surface area contributed by atoms with E-state index in [1.165, 1.54) is 0 Å². The largest absolute Gasteiger partial charge is 0.444 e. The molecule has 2 rings (SSSR count). The van der Waals surface area contributed by atoms with E-state index < -0.39 is 23.8 Å². The number of para-hydroxylation sites is 1. The number of ether oxygens (including phenoxy) is 1. The Balaban J connectivity index is 2.51. The predicted octanol–water partition coefficient (Wildman–Crippen LogP) is 7.27. The van der Waals surface area contributed by atoms with Gasteiger partial charge in [0.15, 0.2) is 0 Å². The van der Waals surface area contributed by atoms with Crippen LogP contribution in [0.3, 0.4) is 0 Å². The molecular weight excluding hydrogens is 514 g/mol. The first kappa shape index (κ1) is 32.2. The molecule has 214 valence electrons. The summed E-state index contributed by atoms with van der Waals surface area (Å²) in [6.45, 7) is 15.2. The van der Waals surface area contributed by atoms with Gasteiger partial charge in [0.2, 0.25) is 5.91 Å². The number of nitrogens with one attached hydrogen (secondary N) is 2. The average Bonchev–Trinajstić information content (AvgIpc) is 2.83. The van der Waals surface area contributed by atoms with Crippen LogP contribution in [0.2, 0.25) is 5.02 Å². The Hall–Kier alpha value is -3.06. The summed E-state index contributed by atoms with van der Waals surface area (Å²) in [5.41, 5.74) is 3.40. The third-order valence-electron chi connectivity index (χ3n) is 6.52. The van der Waals surface area contributed by atoms with Crippen molar-refractivity contribution in [3.05, 3.63) is 63.7 Å². The monoisotopic (exact) mass is 557 g/mol. The van der Waals surface area contributed by atoms with Gasteiger partial charge in [0.1, 0.15) is 17.7 Å². The third-order valence-corrected chi connectivity index (χ3v) is 6.83. The molecule has 0 saturated heterocycles. The van der Waals surface area contributed by atoms with E-state index in [4.69, 9.17) is 16.3 Å². The Morgan fingerprint density at radius 3 is 2.26 bits per heavy atom. The van der Waals surface area contributed by atoms with Crippen LogP contribution < -0.4 is 10.6 Å². The maximum Gasteiger partial charge on any atom is 0.408 e. The lowest BCUT2D eigenvalue weighted by molar-refractivity contribution is -0.140. The van der Waals surface area contributed by atoms with Crippen molar-refractivity contribution in [3.8, 4) is 0 Å². The zero-order valence-electron chi connectivity index (χ0n) is 24.6. The Morgan fingerprint density at radius 2 is 1.67 bits per heavy atom. The lowest BCUT2D eigenvalue weighted by atomic mass is 9.98. The fraction of sp³-hybridized carbons (Fsp3) is 0.516. The lowest BCUT2D eigenvalue weighted by Crippen LogP contribution is -2.51. The fourth-order valence-electron chi connectivity index (χ4n) is 4.26. The number of halogens is 1. The molecule has 0 aromatic heterocycles. The number of carbonyl (C=O) groups is 3. The molecule has 0 heterocycles. The molecule has 0 fully saturated rings. The van der Waals surface area contributed by atoms with Crippen molar-refractivity contribution in [1.82, 2.24) is 10.2 Å². The first-order valence-electron chi connectivity index (χ1n) is 13.7. The SMILES string of the molecule is CCCCCCN(C(=O)C(C)NC(=O)OC(C)(C)C)C(C(=O)Nc1c(C)cccc1Cl)c1ccc(C)c(C)c1. The molecule has 8 heteroatoms. The number of benzene rings is 2. The number of hydrogen-bond donors (Lipinski definition) is 2. The van der Waals surface area contributed by atoms with Gasteiger partial charge in [-0.05, 0) is 83.2 Å². The quantitative estimate of drug-likeness (QED) is 0.284. The van der Waals surface area contributed by atoms with Crippen molar-refractivity contribution in [2.75, 3.05) is 11.9 Å². The van der Waals surface area contributed by atoms with Crippen LogP contribution in [0.4, 0.5) is 10.5 Å². The van der Waals surface area contributed by atoms with E-state index in [1.54, 1.807) is 38.7 Å². The Kier molecular flexibility index (Phi) is 11.8. The molecule has 2 atom stereocenters. The number of nitrogens with zero attached hydrogens (tertiary/aromatic N) is 1. The summed E-state index contributed by atoms with van der Waals surface area (Å²) in [4.78, 5) is 42.0. The van der Waals surface area contributed by atoms with Gasteiger partial charge in [-0.2, -0.15) is 0 Å². The number of unbranched alkanes of at least 4 members (excludes halogenated alkanes) is 3. The highest BCUT2D eigenvalue weighted by Crippen LogP contribution is 2.30. The first-order valence-corrected chi connectivity index (χ1v) is 14.1. The smallest absolute Gasteiger partial charge is 0.408 e. The van der Waals surface area contributed by atoms with Gasteiger partial charge in [-0.1, -0.05) is 68.1 Å². The standard InChI is InChI=1S/C31H44ClN3O4/c1-9-10-11-12-18-35(29(37)23(5)33-30(38)39-31(6,7)8)27(24-17-16-20(2)22(4)19-24)28(36)34-26-21(3)14-13-15-25(26)32/h13-17,19,23,27H,9-12,18H2,1-8H3,(H,33,38)(H,34,36). The van der Waals surface area contributed by atoms with Gasteiger partial charge in [0.25, 0.3) is 5.91 Å². The highest BCUT2D eigenvalue weighted by molar-refractivity contribution is 6.34. The van der Waals surface area contributed by atoms with Crippen molar-refractivity contribution in [2.24, 2.45) is 0 Å². The van der Waals surface area contributed by atoms with Crippen LogP contribution in [0.25, 0.3) is 0 Å². The van der Waals surface area contributed by atoms with Crippen LogP contribution in [0, 0.1) is 20.8 Å². The van der Waals surface area contributed by atoms with Crippen LogP contribution in [0.15, 0.2) is 36.4 Å². The summed E-state index contributed by atoms with van der Waals surface area (Å²) in [5, 5.41) is 6.05. The molecule has 0 aliphatic carbocycles. The number of rotatable bonds is 11. The maximum atomic E-state index is 14.0. The highest BCUT2D eigenvalue weighted by atomic mass is 35.5. The molecule has 0 bridgehead atoms. The van der Waals surface area contributed by atoms with E-state index in [-0.39, 0.29) is 11.8 Å². The minimum Gasteiger partial charge on any atom is -0.444 e. The Bertz CT molecular complexity index is 1140. The lowest BCUT2D eigenvalue weighted by Gasteiger charge is -2.34. The molecule has 3 amide bonds. The van der Waals surface area contributed by atoms with Crippen molar-refractivity contribution in [3.63, 3.8) is 0 Å². The van der Waals surface area contributed by atoms with Gasteiger partial charge in [0.05, 0.1) is 10.7 Å². The van der Waals surface area contributed by atoms with Gasteiger partial charge in [0, 0.05) is 6.54 Å². The average molecular weight is 558 g/mol. The summed E-state index contributed by atoms with van der Waals surface area (Å²) in [5.74, 6) is -0.741. The summed E-state index contributed by atoms with van der Waals surface area (Å²) >= 11 is 6.43. The summed E-state index contributed by atoms with van der Waals surface area (Å²) in [6.07, 6.45) is 3.01. The van der Waals surface area contributed by atoms with Crippen LogP contribution >= 0.6 is 11.6 Å². The molecule has 0 aliphatic heterocycles. The van der Waals surface area contributed by atoms with Crippen molar-refractivity contribution in [2.45, 2.75) is 98.8 Å². The van der Waals surface area contributed by atoms with Gasteiger partial charge in [-0.25, -0.2) is 4.79 Å². The highest BCUT2D eigenvalue weighted by Gasteiger charge is 2.35. The summed E-state index contributed by atoms with van der Waals surface area (Å²) < 4.78 is 5.36. The van der Waals surface area contributed by atoms with E-state index >= 15 is 0 Å². The van der Waals surface area contributed by atoms with Gasteiger partial charge < -0.3 is 20.3 Å². The number of hydrogen-bond acceptors (Lipinski definition) is 4. The topological polar surface area (TPSA) is 87.7 Å². The van der Waals surface area contributed by atoms with Crippen molar-refractivity contribution in [1.29, 1.82) is 0 Å². The van der Waals surface area contributed by atoms with Crippen molar-refractivity contribution >= 4 is 35.2 Å². The van der Waals surface area contributed by atoms with E-state index in [1.807, 2.05) is 51.1 Å². The molecule has 2 unspecified atom stereocenters. The van der Waals surface area contributed by atoms with E-state index in [9.17, 15) is 14.4 Å². The molecule has 7 nitrogen and oxygen atoms in total. The Labute approximate surface area is 238 Å². The molecule has 2 aromatic rings. The molecule has 39 heavy (non-hydrogen) atoms. The van der Waals surface area contributed by atoms with Crippen LogP contribution in [0.1, 0.15) is 88.6 Å². The van der Waals surface area contributed by atoms with E-state index in [0.717, 1.165) is 42.4 Å². The second-order valence-electron chi connectivity index (χ2n) is 11.1. The van der Waals surface area contributed by atoms with Crippen LogP contribution in [0.5, 0.6) is 0 Å². The first-order chi connectivity index (χ1) is 18.2. The number of alkyl carbamates (subject to hydrolysis) is 1. The second kappa shape index (κ2) is 14.4. The second-order valence-corrected chi connectivity index (χ2v) is 11.5. The molecule has 2 N–H and O–H groups in total. The number of carbonyl (C=O) groups excluding carboxylic acids is 3. The molecule has 0 saturated carbocycles. The summed E-state index contributed by atoms with van der Waals surface area (Å²) in [6, 6.07) is 9.34. The zero-order valence-corrected chi connectivity index (χ0v) is 25.4. The predicted molar refractivity (Wildman–Crippen MR) is 158 cm³/mol. The zero-order chi connectivity index (χ0) is 29.3. The Morgan fingerprint density at radius 1 is 0.974 bits per heavy atom. The molecule has 0 radical (unpaired) electrons. The number of aryl methyl sites for hydroxylation is 3. The molecule has 2 aromatic carbocycles. The molecule has 0 spiro atoms. The summed E-state index contributed by atoms with van der Waals surface area (Å²) in [7, 11) is 0. The van der Waals surface area contributed by atoms with Crippen LogP contribution in [-0.4, -0.2) is 41.0 Å². The normalized spacial score (nSPS) is 12.8. The molecular formula is C31H44ClN3O4. The minimum absolute atomic E-state index is 0.353. The third kappa shape index (κ3) is 9.57. The maximum absolute atomic E-state index is 14.0.